The van der Waals surface area contributed by atoms with Gasteiger partial charge in [0.15, 0.2) is 0 Å². The Morgan fingerprint density at radius 3 is 2.79 bits per heavy atom. The lowest BCUT2D eigenvalue weighted by Crippen LogP contribution is -2.13. The number of aromatic nitrogens is 2. The summed E-state index contributed by atoms with van der Waals surface area (Å²) in [6, 6.07) is 5.78. The second kappa shape index (κ2) is 5.61. The van der Waals surface area contributed by atoms with Crippen molar-refractivity contribution in [3.05, 3.63) is 45.9 Å². The molecule has 122 valence electrons. The molecule has 7 heteroatoms. The molecule has 0 fully saturated rings. The first kappa shape index (κ1) is 15.2. The first-order valence-corrected chi connectivity index (χ1v) is 9.10. The van der Waals surface area contributed by atoms with Crippen LogP contribution in [0, 0.1) is 6.92 Å². The second-order valence-electron chi connectivity index (χ2n) is 5.47. The number of esters is 1. The molecule has 0 saturated carbocycles. The van der Waals surface area contributed by atoms with Gasteiger partial charge in [-0.3, -0.25) is 9.59 Å². The number of rotatable bonds is 4. The van der Waals surface area contributed by atoms with Gasteiger partial charge in [0.1, 0.15) is 11.4 Å². The quantitative estimate of drug-likeness (QED) is 0.444. The van der Waals surface area contributed by atoms with Crippen molar-refractivity contribution in [2.75, 3.05) is 7.11 Å². The molecule has 0 aliphatic carbocycles. The Labute approximate surface area is 145 Å². The Balaban J connectivity index is 1.85. The van der Waals surface area contributed by atoms with Crippen LogP contribution in [0.2, 0.25) is 0 Å². The molecule has 4 aromatic rings. The third-order valence-corrected chi connectivity index (χ3v) is 5.95. The van der Waals surface area contributed by atoms with Crippen LogP contribution in [0.1, 0.15) is 21.7 Å². The summed E-state index contributed by atoms with van der Waals surface area (Å²) in [5, 5.41) is 4.80. The standard InChI is InChI=1S/C17H14N2O3S2/c1-9-15(16(21)12-7-13-11(18-12)4-6-23-13)10-3-5-24-17(10)19(9)8-14(20)22-2/h3-7,18H,8H2,1-2H3. The van der Waals surface area contributed by atoms with Crippen LogP contribution in [-0.2, 0) is 16.1 Å². The zero-order valence-corrected chi connectivity index (χ0v) is 14.7. The van der Waals surface area contributed by atoms with Gasteiger partial charge in [-0.1, -0.05) is 0 Å². The van der Waals surface area contributed by atoms with Crippen molar-refractivity contribution >= 4 is 54.9 Å². The van der Waals surface area contributed by atoms with E-state index in [1.165, 1.54) is 18.4 Å². The van der Waals surface area contributed by atoms with E-state index < -0.39 is 0 Å². The lowest BCUT2D eigenvalue weighted by Gasteiger charge is -2.06. The number of nitrogens with one attached hydrogen (secondary N) is 1. The Morgan fingerprint density at radius 1 is 1.25 bits per heavy atom. The molecule has 5 nitrogen and oxygen atoms in total. The average molecular weight is 358 g/mol. The molecule has 0 radical (unpaired) electrons. The molecule has 4 rings (SSSR count). The van der Waals surface area contributed by atoms with E-state index in [9.17, 15) is 9.59 Å². The van der Waals surface area contributed by atoms with Gasteiger partial charge in [-0.25, -0.2) is 0 Å². The van der Waals surface area contributed by atoms with E-state index in [-0.39, 0.29) is 18.3 Å². The van der Waals surface area contributed by atoms with Gasteiger partial charge in [0.05, 0.1) is 28.6 Å². The first-order chi connectivity index (χ1) is 11.6. The Morgan fingerprint density at radius 2 is 2.04 bits per heavy atom. The maximum Gasteiger partial charge on any atom is 0.325 e. The van der Waals surface area contributed by atoms with Crippen LogP contribution >= 0.6 is 22.7 Å². The number of aromatic amines is 1. The molecule has 0 amide bonds. The summed E-state index contributed by atoms with van der Waals surface area (Å²) < 4.78 is 7.69. The van der Waals surface area contributed by atoms with E-state index in [0.29, 0.717) is 11.3 Å². The molecule has 0 saturated heterocycles. The first-order valence-electron chi connectivity index (χ1n) is 7.34. The predicted octanol–water partition coefficient (Wildman–Crippen LogP) is 3.96. The van der Waals surface area contributed by atoms with Crippen molar-refractivity contribution in [1.82, 2.24) is 9.55 Å². The van der Waals surface area contributed by atoms with E-state index in [4.69, 9.17) is 4.74 Å². The van der Waals surface area contributed by atoms with Crippen molar-refractivity contribution in [1.29, 1.82) is 0 Å². The molecule has 24 heavy (non-hydrogen) atoms. The third-order valence-electron chi connectivity index (χ3n) is 4.15. The number of nitrogens with zero attached hydrogens (tertiary/aromatic N) is 1. The van der Waals surface area contributed by atoms with Crippen molar-refractivity contribution in [2.24, 2.45) is 0 Å². The van der Waals surface area contributed by atoms with E-state index >= 15 is 0 Å². The normalized spacial score (nSPS) is 11.4. The smallest absolute Gasteiger partial charge is 0.325 e. The fourth-order valence-corrected chi connectivity index (χ4v) is 4.70. The van der Waals surface area contributed by atoms with Crippen LogP contribution in [0.5, 0.6) is 0 Å². The fourth-order valence-electron chi connectivity index (χ4n) is 2.96. The summed E-state index contributed by atoms with van der Waals surface area (Å²) in [5.41, 5.74) is 2.97. The number of carbonyl (C=O) groups excluding carboxylic acids is 2. The van der Waals surface area contributed by atoms with Gasteiger partial charge >= 0.3 is 5.97 Å². The number of thiophene rings is 2. The van der Waals surface area contributed by atoms with E-state index in [1.54, 1.807) is 11.3 Å². The van der Waals surface area contributed by atoms with Gasteiger partial charge < -0.3 is 14.3 Å². The van der Waals surface area contributed by atoms with E-state index in [1.807, 2.05) is 40.5 Å². The van der Waals surface area contributed by atoms with Gasteiger partial charge in [-0.2, -0.15) is 0 Å². The fraction of sp³-hybridized carbons (Fsp3) is 0.176. The van der Waals surface area contributed by atoms with Crippen LogP contribution < -0.4 is 0 Å². The Bertz CT molecular complexity index is 1050. The summed E-state index contributed by atoms with van der Waals surface area (Å²) in [6.07, 6.45) is 0. The zero-order valence-electron chi connectivity index (χ0n) is 13.1. The maximum atomic E-state index is 13.1. The molecule has 0 atom stereocenters. The molecule has 4 aromatic heterocycles. The molecule has 4 heterocycles. The molecule has 0 aromatic carbocycles. The highest BCUT2D eigenvalue weighted by atomic mass is 32.1. The summed E-state index contributed by atoms with van der Waals surface area (Å²) in [7, 11) is 1.37. The van der Waals surface area contributed by atoms with Crippen LogP contribution in [0.15, 0.2) is 29.0 Å². The number of fused-ring (bicyclic) bond motifs is 2. The molecular weight excluding hydrogens is 344 g/mol. The Hall–Kier alpha value is -2.38. The number of carbonyl (C=O) groups is 2. The number of hydrogen-bond donors (Lipinski definition) is 1. The minimum atomic E-state index is -0.331. The molecular formula is C17H14N2O3S2. The van der Waals surface area contributed by atoms with Gasteiger partial charge in [0, 0.05) is 11.1 Å². The molecule has 0 spiro atoms. The summed E-state index contributed by atoms with van der Waals surface area (Å²) >= 11 is 3.11. The topological polar surface area (TPSA) is 64.1 Å². The molecule has 1 N–H and O–H groups in total. The SMILES string of the molecule is COC(=O)Cn1c(C)c(C(=O)c2cc3sccc3[nH]2)c2ccsc21. The van der Waals surface area contributed by atoms with Crippen molar-refractivity contribution < 1.29 is 14.3 Å². The van der Waals surface area contributed by atoms with Crippen molar-refractivity contribution in [3.8, 4) is 0 Å². The number of ketones is 1. The average Bonchev–Trinajstić information content (AvgIpc) is 3.29. The lowest BCUT2D eigenvalue weighted by atomic mass is 10.1. The minimum Gasteiger partial charge on any atom is -0.468 e. The second-order valence-corrected chi connectivity index (χ2v) is 7.32. The van der Waals surface area contributed by atoms with Crippen LogP contribution in [0.3, 0.4) is 0 Å². The van der Waals surface area contributed by atoms with E-state index in [0.717, 1.165) is 26.1 Å². The molecule has 0 aliphatic heterocycles. The van der Waals surface area contributed by atoms with Gasteiger partial charge in [0.25, 0.3) is 0 Å². The third kappa shape index (κ3) is 2.20. The molecule has 0 bridgehead atoms. The number of methoxy groups -OCH3 is 1. The summed E-state index contributed by atoms with van der Waals surface area (Å²) in [4.78, 5) is 28.9. The highest BCUT2D eigenvalue weighted by Crippen LogP contribution is 2.33. The van der Waals surface area contributed by atoms with Gasteiger partial charge in [0.2, 0.25) is 5.78 Å². The van der Waals surface area contributed by atoms with Crippen LogP contribution in [-0.4, -0.2) is 28.4 Å². The summed E-state index contributed by atoms with van der Waals surface area (Å²) in [5.74, 6) is -0.384. The van der Waals surface area contributed by atoms with E-state index in [2.05, 4.69) is 4.98 Å². The molecule has 0 unspecified atom stereocenters. The largest absolute Gasteiger partial charge is 0.468 e. The Kier molecular flexibility index (Phi) is 3.54. The van der Waals surface area contributed by atoms with Crippen molar-refractivity contribution in [2.45, 2.75) is 13.5 Å². The van der Waals surface area contributed by atoms with Gasteiger partial charge in [-0.05, 0) is 35.9 Å². The monoisotopic (exact) mass is 358 g/mol. The number of hydrogen-bond acceptors (Lipinski definition) is 5. The summed E-state index contributed by atoms with van der Waals surface area (Å²) in [6.45, 7) is 1.97. The van der Waals surface area contributed by atoms with Crippen LogP contribution in [0.25, 0.3) is 20.4 Å². The van der Waals surface area contributed by atoms with Crippen molar-refractivity contribution in [3.63, 3.8) is 0 Å². The number of ether oxygens (including phenoxy) is 1. The maximum absolute atomic E-state index is 13.1. The lowest BCUT2D eigenvalue weighted by molar-refractivity contribution is -0.141. The number of H-pyrrole nitrogens is 1. The van der Waals surface area contributed by atoms with Crippen LogP contribution in [0.4, 0.5) is 0 Å². The van der Waals surface area contributed by atoms with Gasteiger partial charge in [-0.15, -0.1) is 22.7 Å². The molecule has 0 aliphatic rings. The zero-order chi connectivity index (χ0) is 16.8. The minimum absolute atomic E-state index is 0.0529. The predicted molar refractivity (Wildman–Crippen MR) is 96.2 cm³/mol. The highest BCUT2D eigenvalue weighted by molar-refractivity contribution is 7.17. The highest BCUT2D eigenvalue weighted by Gasteiger charge is 2.24.